The van der Waals surface area contributed by atoms with Crippen LogP contribution in [-0.4, -0.2) is 41.0 Å². The van der Waals surface area contributed by atoms with E-state index in [1.54, 1.807) is 0 Å². The number of para-hydroxylation sites is 1. The zero-order valence-corrected chi connectivity index (χ0v) is 25.5. The summed E-state index contributed by atoms with van der Waals surface area (Å²) in [4.78, 5) is 44.4. The summed E-state index contributed by atoms with van der Waals surface area (Å²) in [5.41, 5.74) is 4.06. The first-order chi connectivity index (χ1) is 21.4. The molecule has 0 unspecified atom stereocenters. The van der Waals surface area contributed by atoms with Gasteiger partial charge in [-0.05, 0) is 54.4 Å². The second-order valence-electron chi connectivity index (χ2n) is 11.8. The highest BCUT2D eigenvalue weighted by atomic mass is 16.5. The van der Waals surface area contributed by atoms with Crippen molar-refractivity contribution in [1.82, 2.24) is 20.9 Å². The van der Waals surface area contributed by atoms with E-state index in [1.165, 1.54) is 5.56 Å². The summed E-state index contributed by atoms with van der Waals surface area (Å²) in [6.45, 7) is 4.47. The van der Waals surface area contributed by atoms with Gasteiger partial charge in [-0.25, -0.2) is 4.79 Å². The molecule has 4 aromatic rings. The van der Waals surface area contributed by atoms with Crippen molar-refractivity contribution in [3.05, 3.63) is 107 Å². The normalized spacial score (nSPS) is 17.2. The molecule has 1 heterocycles. The summed E-state index contributed by atoms with van der Waals surface area (Å²) in [7, 11) is 0. The fraction of sp³-hybridized carbons (Fsp3) is 0.361. The highest BCUT2D eigenvalue weighted by Gasteiger charge is 2.45. The molecule has 8 nitrogen and oxygen atoms in total. The number of aromatic amines is 1. The van der Waals surface area contributed by atoms with Crippen molar-refractivity contribution in [2.75, 3.05) is 6.54 Å². The molecule has 0 saturated carbocycles. The van der Waals surface area contributed by atoms with Crippen molar-refractivity contribution < 1.29 is 19.1 Å². The molecule has 5 rings (SSSR count). The molecule has 1 aliphatic carbocycles. The quantitative estimate of drug-likeness (QED) is 0.160. The van der Waals surface area contributed by atoms with E-state index in [-0.39, 0.29) is 18.4 Å². The Morgan fingerprint density at radius 3 is 2.34 bits per heavy atom. The van der Waals surface area contributed by atoms with Gasteiger partial charge in [-0.15, -0.1) is 0 Å². The van der Waals surface area contributed by atoms with E-state index in [0.717, 1.165) is 40.6 Å². The molecule has 8 heteroatoms. The lowest BCUT2D eigenvalue weighted by Crippen LogP contribution is -2.65. The topological polar surface area (TPSA) is 112 Å². The lowest BCUT2D eigenvalue weighted by Gasteiger charge is -2.38. The maximum atomic E-state index is 14.0. The summed E-state index contributed by atoms with van der Waals surface area (Å²) in [6, 6.07) is 26.7. The Morgan fingerprint density at radius 2 is 1.61 bits per heavy atom. The summed E-state index contributed by atoms with van der Waals surface area (Å²) in [5, 5.41) is 10.1. The van der Waals surface area contributed by atoms with Gasteiger partial charge in [0.05, 0.1) is 0 Å². The maximum absolute atomic E-state index is 14.0. The van der Waals surface area contributed by atoms with Gasteiger partial charge in [0.2, 0.25) is 11.8 Å². The van der Waals surface area contributed by atoms with Crippen LogP contribution in [0.5, 0.6) is 0 Å². The van der Waals surface area contributed by atoms with Gasteiger partial charge in [0.15, 0.2) is 0 Å². The maximum Gasteiger partial charge on any atom is 0.408 e. The lowest BCUT2D eigenvalue weighted by atomic mass is 9.78. The van der Waals surface area contributed by atoms with E-state index in [4.69, 9.17) is 4.74 Å². The van der Waals surface area contributed by atoms with Gasteiger partial charge in [0.25, 0.3) is 0 Å². The van der Waals surface area contributed by atoms with Gasteiger partial charge >= 0.3 is 6.09 Å². The largest absolute Gasteiger partial charge is 0.445 e. The Hall–Kier alpha value is -4.59. The first-order valence-corrected chi connectivity index (χ1v) is 15.6. The molecule has 44 heavy (non-hydrogen) atoms. The summed E-state index contributed by atoms with van der Waals surface area (Å²) in [6.07, 6.45) is 3.02. The number of alkyl carbamates (subject to hydrolysis) is 1. The number of aromatic nitrogens is 1. The summed E-state index contributed by atoms with van der Waals surface area (Å²) in [5.74, 6) is -0.777. The number of rotatable bonds is 12. The zero-order chi connectivity index (χ0) is 30.9. The summed E-state index contributed by atoms with van der Waals surface area (Å²) < 4.78 is 5.44. The minimum atomic E-state index is -1.16. The van der Waals surface area contributed by atoms with Crippen molar-refractivity contribution in [2.45, 2.75) is 70.6 Å². The number of carbonyl (C=O) groups excluding carboxylic acids is 3. The van der Waals surface area contributed by atoms with Gasteiger partial charge in [0.1, 0.15) is 18.2 Å². The predicted molar refractivity (Wildman–Crippen MR) is 172 cm³/mol. The fourth-order valence-electron chi connectivity index (χ4n) is 5.97. The van der Waals surface area contributed by atoms with Gasteiger partial charge in [0, 0.05) is 29.6 Å². The van der Waals surface area contributed by atoms with Crippen molar-refractivity contribution in [2.24, 2.45) is 5.92 Å². The molecular weight excluding hydrogens is 552 g/mol. The second kappa shape index (κ2) is 14.3. The molecule has 3 amide bonds. The van der Waals surface area contributed by atoms with Crippen LogP contribution in [0.3, 0.4) is 0 Å². The van der Waals surface area contributed by atoms with E-state index in [2.05, 4.69) is 33.1 Å². The number of ether oxygens (including phenoxy) is 1. The molecule has 1 aromatic heterocycles. The SMILES string of the molecule is CC[C@H](C)[C@H](NC(=O)OCc1ccccc1)C(=O)N[C@]1(C(=O)NCCCc2ccccc2)CCc2[nH]c3ccccc3c2C1. The minimum Gasteiger partial charge on any atom is -0.445 e. The predicted octanol–water partition coefficient (Wildman–Crippen LogP) is 5.60. The van der Waals surface area contributed by atoms with Crippen LogP contribution in [0.1, 0.15) is 55.5 Å². The van der Waals surface area contributed by atoms with Crippen molar-refractivity contribution in [3.8, 4) is 0 Å². The van der Waals surface area contributed by atoms with E-state index >= 15 is 0 Å². The van der Waals surface area contributed by atoms with E-state index in [9.17, 15) is 14.4 Å². The number of carbonyl (C=O) groups is 3. The number of amides is 3. The Bertz CT molecular complexity index is 1570. The van der Waals surface area contributed by atoms with Crippen LogP contribution in [0.15, 0.2) is 84.9 Å². The van der Waals surface area contributed by atoms with Crippen LogP contribution >= 0.6 is 0 Å². The highest BCUT2D eigenvalue weighted by Crippen LogP contribution is 2.34. The lowest BCUT2D eigenvalue weighted by molar-refractivity contribution is -0.135. The molecule has 4 N–H and O–H groups in total. The van der Waals surface area contributed by atoms with Crippen LogP contribution in [0.25, 0.3) is 10.9 Å². The average molecular weight is 595 g/mol. The number of hydrogen-bond donors (Lipinski definition) is 4. The Labute approximate surface area is 259 Å². The van der Waals surface area contributed by atoms with E-state index in [1.807, 2.05) is 86.6 Å². The van der Waals surface area contributed by atoms with Crippen LogP contribution in [0.2, 0.25) is 0 Å². The van der Waals surface area contributed by atoms with Crippen molar-refractivity contribution in [1.29, 1.82) is 0 Å². The number of H-pyrrole nitrogens is 1. The molecular formula is C36H42N4O4. The Kier molecular flexibility index (Phi) is 10.00. The first-order valence-electron chi connectivity index (χ1n) is 15.6. The van der Waals surface area contributed by atoms with Gasteiger partial charge in [-0.2, -0.15) is 0 Å². The number of benzene rings is 3. The molecule has 230 valence electrons. The second-order valence-corrected chi connectivity index (χ2v) is 11.8. The number of aryl methyl sites for hydroxylation is 2. The molecule has 1 aliphatic rings. The third-order valence-corrected chi connectivity index (χ3v) is 8.73. The van der Waals surface area contributed by atoms with Crippen molar-refractivity contribution in [3.63, 3.8) is 0 Å². The Morgan fingerprint density at radius 1 is 0.932 bits per heavy atom. The minimum absolute atomic E-state index is 0.0974. The molecule has 0 radical (unpaired) electrons. The molecule has 0 spiro atoms. The third kappa shape index (κ3) is 7.30. The van der Waals surface area contributed by atoms with Gasteiger partial charge < -0.3 is 25.7 Å². The molecule has 0 fully saturated rings. The average Bonchev–Trinajstić information content (AvgIpc) is 3.42. The fourth-order valence-corrected chi connectivity index (χ4v) is 5.97. The zero-order valence-electron chi connectivity index (χ0n) is 25.5. The summed E-state index contributed by atoms with van der Waals surface area (Å²) >= 11 is 0. The number of hydrogen-bond acceptors (Lipinski definition) is 4. The Balaban J connectivity index is 1.33. The number of nitrogens with one attached hydrogen (secondary N) is 4. The van der Waals surface area contributed by atoms with Crippen LogP contribution in [0, 0.1) is 5.92 Å². The molecule has 3 aromatic carbocycles. The molecule has 3 atom stereocenters. The van der Waals surface area contributed by atoms with E-state index < -0.39 is 23.6 Å². The van der Waals surface area contributed by atoms with E-state index in [0.29, 0.717) is 32.2 Å². The van der Waals surface area contributed by atoms with Gasteiger partial charge in [-0.1, -0.05) is 99.1 Å². The molecule has 0 bridgehead atoms. The first kappa shape index (κ1) is 30.9. The van der Waals surface area contributed by atoms with Crippen LogP contribution in [0.4, 0.5) is 4.79 Å². The van der Waals surface area contributed by atoms with Gasteiger partial charge in [-0.3, -0.25) is 9.59 Å². The monoisotopic (exact) mass is 594 g/mol. The molecule has 0 saturated heterocycles. The number of fused-ring (bicyclic) bond motifs is 3. The third-order valence-electron chi connectivity index (χ3n) is 8.73. The highest BCUT2D eigenvalue weighted by molar-refractivity contribution is 5.96. The smallest absolute Gasteiger partial charge is 0.408 e. The van der Waals surface area contributed by atoms with Crippen LogP contribution < -0.4 is 16.0 Å². The van der Waals surface area contributed by atoms with Crippen molar-refractivity contribution >= 4 is 28.8 Å². The molecule has 0 aliphatic heterocycles. The standard InChI is InChI=1S/C36H42N4O4/c1-3-25(2)32(39-35(43)44-24-27-15-8-5-9-16-27)33(41)40-36(34(42)37-22-12-17-26-13-6-4-7-14-26)21-20-31-29(23-36)28-18-10-11-19-30(28)38-31/h4-11,13-16,18-19,25,32,38H,3,12,17,20-24H2,1-2H3,(H,37,42)(H,39,43)(H,40,41)/t25-,32-,36+/m0/s1. The van der Waals surface area contributed by atoms with Crippen LogP contribution in [-0.2, 0) is 40.2 Å².